The minimum Gasteiger partial charge on any atom is -0.484 e. The van der Waals surface area contributed by atoms with E-state index in [-0.39, 0.29) is 6.61 Å². The van der Waals surface area contributed by atoms with Crippen molar-refractivity contribution in [3.8, 4) is 16.9 Å². The SMILES string of the molecule is Cc1ccc(OCc2nnc(SCCc3ccc(-c4ccccc4)cc3)o2)cc1. The van der Waals surface area contributed by atoms with Crippen molar-refractivity contribution in [1.29, 1.82) is 0 Å². The Morgan fingerprint density at radius 3 is 2.31 bits per heavy atom. The monoisotopic (exact) mass is 402 g/mol. The first kappa shape index (κ1) is 19.3. The Bertz CT molecular complexity index is 1030. The number of hydrogen-bond donors (Lipinski definition) is 0. The molecule has 0 spiro atoms. The van der Waals surface area contributed by atoms with E-state index < -0.39 is 0 Å². The maximum Gasteiger partial charge on any atom is 0.276 e. The molecule has 0 bridgehead atoms. The molecule has 5 heteroatoms. The maximum absolute atomic E-state index is 5.68. The lowest BCUT2D eigenvalue weighted by Gasteiger charge is -2.04. The molecule has 0 aliphatic rings. The number of thioether (sulfide) groups is 1. The van der Waals surface area contributed by atoms with Gasteiger partial charge in [0.1, 0.15) is 5.75 Å². The lowest BCUT2D eigenvalue weighted by molar-refractivity contribution is 0.252. The molecule has 0 N–H and O–H groups in total. The van der Waals surface area contributed by atoms with E-state index in [2.05, 4.69) is 58.7 Å². The summed E-state index contributed by atoms with van der Waals surface area (Å²) in [6.45, 7) is 2.32. The zero-order valence-electron chi connectivity index (χ0n) is 16.2. The summed E-state index contributed by atoms with van der Waals surface area (Å²) in [5.41, 5.74) is 4.96. The van der Waals surface area contributed by atoms with Crippen LogP contribution in [0.5, 0.6) is 5.75 Å². The van der Waals surface area contributed by atoms with E-state index in [0.717, 1.165) is 17.9 Å². The quantitative estimate of drug-likeness (QED) is 0.340. The van der Waals surface area contributed by atoms with E-state index in [1.54, 1.807) is 11.8 Å². The third-order valence-electron chi connectivity index (χ3n) is 4.51. The minimum absolute atomic E-state index is 0.275. The number of hydrogen-bond acceptors (Lipinski definition) is 5. The van der Waals surface area contributed by atoms with Crippen LogP contribution in [-0.4, -0.2) is 16.0 Å². The number of nitrogens with zero attached hydrogens (tertiary/aromatic N) is 2. The van der Waals surface area contributed by atoms with Crippen molar-refractivity contribution in [3.05, 3.63) is 95.9 Å². The second kappa shape index (κ2) is 9.43. The third-order valence-corrected chi connectivity index (χ3v) is 5.33. The summed E-state index contributed by atoms with van der Waals surface area (Å²) in [4.78, 5) is 0. The molecule has 1 heterocycles. The van der Waals surface area contributed by atoms with Crippen molar-refractivity contribution in [3.63, 3.8) is 0 Å². The molecule has 0 amide bonds. The maximum atomic E-state index is 5.68. The number of aromatic nitrogens is 2. The highest BCUT2D eigenvalue weighted by atomic mass is 32.2. The van der Waals surface area contributed by atoms with Crippen molar-refractivity contribution in [2.75, 3.05) is 5.75 Å². The normalized spacial score (nSPS) is 10.8. The van der Waals surface area contributed by atoms with Crippen LogP contribution in [0.4, 0.5) is 0 Å². The fourth-order valence-electron chi connectivity index (χ4n) is 2.89. The standard InChI is InChI=1S/C24H22N2O2S/c1-18-7-13-22(14-8-18)27-17-23-25-26-24(28-23)29-16-15-19-9-11-21(12-10-19)20-5-3-2-4-6-20/h2-14H,15-17H2,1H3. The molecule has 0 saturated heterocycles. The first-order chi connectivity index (χ1) is 14.3. The highest BCUT2D eigenvalue weighted by Gasteiger charge is 2.08. The van der Waals surface area contributed by atoms with Crippen molar-refractivity contribution >= 4 is 11.8 Å². The summed E-state index contributed by atoms with van der Waals surface area (Å²) in [6, 6.07) is 27.0. The predicted molar refractivity (Wildman–Crippen MR) is 116 cm³/mol. The van der Waals surface area contributed by atoms with Gasteiger partial charge in [-0.25, -0.2) is 0 Å². The highest BCUT2D eigenvalue weighted by molar-refractivity contribution is 7.99. The van der Waals surface area contributed by atoms with Crippen LogP contribution in [0.3, 0.4) is 0 Å². The number of benzene rings is 3. The van der Waals surface area contributed by atoms with Gasteiger partial charge in [0.15, 0.2) is 6.61 Å². The van der Waals surface area contributed by atoms with Gasteiger partial charge in [-0.1, -0.05) is 84.1 Å². The topological polar surface area (TPSA) is 48.2 Å². The molecular formula is C24H22N2O2S. The molecule has 0 unspecified atom stereocenters. The average molecular weight is 403 g/mol. The Balaban J connectivity index is 1.24. The highest BCUT2D eigenvalue weighted by Crippen LogP contribution is 2.22. The molecule has 0 aliphatic carbocycles. The molecule has 0 radical (unpaired) electrons. The van der Waals surface area contributed by atoms with Gasteiger partial charge in [0.2, 0.25) is 0 Å². The van der Waals surface area contributed by atoms with Gasteiger partial charge >= 0.3 is 0 Å². The Morgan fingerprint density at radius 2 is 1.55 bits per heavy atom. The van der Waals surface area contributed by atoms with Crippen molar-refractivity contribution in [2.24, 2.45) is 0 Å². The second-order valence-electron chi connectivity index (χ2n) is 6.72. The van der Waals surface area contributed by atoms with Gasteiger partial charge in [-0.05, 0) is 42.2 Å². The van der Waals surface area contributed by atoms with Crippen LogP contribution >= 0.6 is 11.8 Å². The van der Waals surface area contributed by atoms with E-state index in [1.165, 1.54) is 22.3 Å². The van der Waals surface area contributed by atoms with Crippen LogP contribution in [0.2, 0.25) is 0 Å². The number of ether oxygens (including phenoxy) is 1. The summed E-state index contributed by atoms with van der Waals surface area (Å²) in [5, 5.41) is 8.73. The van der Waals surface area contributed by atoms with Crippen molar-refractivity contribution in [1.82, 2.24) is 10.2 Å². The third kappa shape index (κ3) is 5.48. The summed E-state index contributed by atoms with van der Waals surface area (Å²) in [7, 11) is 0. The zero-order valence-corrected chi connectivity index (χ0v) is 17.1. The van der Waals surface area contributed by atoms with Crippen LogP contribution < -0.4 is 4.74 Å². The van der Waals surface area contributed by atoms with E-state index in [1.807, 2.05) is 37.3 Å². The second-order valence-corrected chi connectivity index (χ2v) is 7.77. The molecule has 4 rings (SSSR count). The fraction of sp³-hybridized carbons (Fsp3) is 0.167. The first-order valence-electron chi connectivity index (χ1n) is 9.55. The van der Waals surface area contributed by atoms with Crippen molar-refractivity contribution in [2.45, 2.75) is 25.2 Å². The Labute approximate surface area is 175 Å². The molecule has 4 nitrogen and oxygen atoms in total. The molecule has 0 saturated carbocycles. The summed E-state index contributed by atoms with van der Waals surface area (Å²) >= 11 is 1.56. The number of rotatable bonds is 8. The van der Waals surface area contributed by atoms with Gasteiger partial charge in [0.25, 0.3) is 11.1 Å². The van der Waals surface area contributed by atoms with Gasteiger partial charge in [0.05, 0.1) is 0 Å². The lowest BCUT2D eigenvalue weighted by Crippen LogP contribution is -1.95. The minimum atomic E-state index is 0.275. The summed E-state index contributed by atoms with van der Waals surface area (Å²) < 4.78 is 11.3. The fourth-order valence-corrected chi connectivity index (χ4v) is 3.65. The van der Waals surface area contributed by atoms with E-state index in [9.17, 15) is 0 Å². The van der Waals surface area contributed by atoms with Crippen LogP contribution in [0.15, 0.2) is 88.5 Å². The van der Waals surface area contributed by atoms with Gasteiger partial charge in [-0.15, -0.1) is 10.2 Å². The molecule has 0 atom stereocenters. The predicted octanol–water partition coefficient (Wildman–Crippen LogP) is 5.96. The largest absolute Gasteiger partial charge is 0.484 e. The molecule has 3 aromatic carbocycles. The zero-order chi connectivity index (χ0) is 19.9. The summed E-state index contributed by atoms with van der Waals surface area (Å²) in [5.74, 6) is 2.16. The first-order valence-corrected chi connectivity index (χ1v) is 10.5. The molecular weight excluding hydrogens is 380 g/mol. The van der Waals surface area contributed by atoms with Gasteiger partial charge in [-0.3, -0.25) is 0 Å². The molecule has 146 valence electrons. The lowest BCUT2D eigenvalue weighted by atomic mass is 10.0. The Hall–Kier alpha value is -3.05. The van der Waals surface area contributed by atoms with Crippen LogP contribution in [0.1, 0.15) is 17.0 Å². The average Bonchev–Trinajstić information content (AvgIpc) is 3.22. The Kier molecular flexibility index (Phi) is 6.27. The summed E-state index contributed by atoms with van der Waals surface area (Å²) in [6.07, 6.45) is 0.942. The molecule has 4 aromatic rings. The van der Waals surface area contributed by atoms with Crippen LogP contribution in [-0.2, 0) is 13.0 Å². The van der Waals surface area contributed by atoms with Gasteiger partial charge in [-0.2, -0.15) is 0 Å². The molecule has 29 heavy (non-hydrogen) atoms. The molecule has 0 aliphatic heterocycles. The van der Waals surface area contributed by atoms with Crippen LogP contribution in [0.25, 0.3) is 11.1 Å². The van der Waals surface area contributed by atoms with Gasteiger partial charge < -0.3 is 9.15 Å². The van der Waals surface area contributed by atoms with Crippen LogP contribution in [0, 0.1) is 6.92 Å². The van der Waals surface area contributed by atoms with E-state index in [4.69, 9.17) is 9.15 Å². The van der Waals surface area contributed by atoms with E-state index in [0.29, 0.717) is 11.1 Å². The van der Waals surface area contributed by atoms with E-state index >= 15 is 0 Å². The van der Waals surface area contributed by atoms with Crippen molar-refractivity contribution < 1.29 is 9.15 Å². The number of aryl methyl sites for hydroxylation is 2. The Morgan fingerprint density at radius 1 is 0.828 bits per heavy atom. The smallest absolute Gasteiger partial charge is 0.276 e. The molecule has 0 fully saturated rings. The molecule has 1 aromatic heterocycles. The van der Waals surface area contributed by atoms with Gasteiger partial charge in [0, 0.05) is 5.75 Å².